The molecule has 2 saturated heterocycles. The Morgan fingerprint density at radius 1 is 1.20 bits per heavy atom. The summed E-state index contributed by atoms with van der Waals surface area (Å²) in [6, 6.07) is 0. The van der Waals surface area contributed by atoms with Crippen molar-refractivity contribution in [2.24, 2.45) is 12.5 Å². The van der Waals surface area contributed by atoms with Crippen LogP contribution in [0.3, 0.4) is 0 Å². The number of hydrogen-bond donors (Lipinski definition) is 1. The molecule has 2 aliphatic heterocycles. The van der Waals surface area contributed by atoms with E-state index in [1.165, 1.54) is 11.3 Å². The first kappa shape index (κ1) is 18.4. The molecule has 3 heterocycles. The fourth-order valence-electron chi connectivity index (χ4n) is 4.43. The highest BCUT2D eigenvalue weighted by atomic mass is 16.3. The lowest BCUT2D eigenvalue weighted by molar-refractivity contribution is -0.139. The molecule has 2 fully saturated rings. The van der Waals surface area contributed by atoms with Crippen LogP contribution in [0.25, 0.3) is 0 Å². The minimum Gasteiger partial charge on any atom is -0.396 e. The predicted molar refractivity (Wildman–Crippen MR) is 97.1 cm³/mol. The number of hydrogen-bond acceptors (Lipinski definition) is 4. The summed E-state index contributed by atoms with van der Waals surface area (Å²) in [6.07, 6.45) is 4.71. The summed E-state index contributed by atoms with van der Waals surface area (Å²) < 4.78 is 1.97. The minimum atomic E-state index is 0.161. The lowest BCUT2D eigenvalue weighted by atomic mass is 9.72. The highest BCUT2D eigenvalue weighted by Crippen LogP contribution is 2.40. The maximum atomic E-state index is 12.1. The quantitative estimate of drug-likeness (QED) is 0.878. The highest BCUT2D eigenvalue weighted by Gasteiger charge is 2.40. The average Bonchev–Trinajstić information content (AvgIpc) is 2.84. The lowest BCUT2D eigenvalue weighted by Crippen LogP contribution is -2.51. The second kappa shape index (κ2) is 7.46. The summed E-state index contributed by atoms with van der Waals surface area (Å²) in [7, 11) is 2.01. The largest absolute Gasteiger partial charge is 0.396 e. The number of aliphatic hydroxyl groups is 1. The van der Waals surface area contributed by atoms with E-state index < -0.39 is 0 Å². The maximum Gasteiger partial charge on any atom is 0.222 e. The van der Waals surface area contributed by atoms with E-state index in [2.05, 4.69) is 23.8 Å². The Kier molecular flexibility index (Phi) is 5.49. The third-order valence-corrected chi connectivity index (χ3v) is 6.29. The van der Waals surface area contributed by atoms with Gasteiger partial charge in [-0.15, -0.1) is 0 Å². The van der Waals surface area contributed by atoms with Gasteiger partial charge in [0.2, 0.25) is 5.91 Å². The maximum absolute atomic E-state index is 12.1. The van der Waals surface area contributed by atoms with E-state index in [1.807, 2.05) is 16.6 Å². The average molecular weight is 348 g/mol. The molecule has 0 bridgehead atoms. The molecule has 25 heavy (non-hydrogen) atoms. The van der Waals surface area contributed by atoms with Gasteiger partial charge in [-0.3, -0.25) is 14.4 Å². The van der Waals surface area contributed by atoms with Crippen LogP contribution in [0.4, 0.5) is 0 Å². The van der Waals surface area contributed by atoms with Crippen LogP contribution in [0.2, 0.25) is 0 Å². The van der Waals surface area contributed by atoms with Gasteiger partial charge in [-0.1, -0.05) is 0 Å². The standard InChI is InChI=1S/C19H32N4O2/c1-15-17(16(2)21(3)20-15)13-22-10-7-19(8-11-22)6-5-18(25)23(14-19)9-4-12-24/h24H,4-14H2,1-3H3. The molecular formula is C19H32N4O2. The Morgan fingerprint density at radius 3 is 2.52 bits per heavy atom. The Hall–Kier alpha value is -1.40. The number of amides is 1. The molecule has 0 radical (unpaired) electrons. The normalized spacial score (nSPS) is 21.3. The minimum absolute atomic E-state index is 0.161. The molecule has 2 aliphatic rings. The van der Waals surface area contributed by atoms with Gasteiger partial charge in [0.15, 0.2) is 0 Å². The molecule has 6 nitrogen and oxygen atoms in total. The number of aryl methyl sites for hydroxylation is 2. The lowest BCUT2D eigenvalue weighted by Gasteiger charge is -2.47. The Labute approximate surface area is 150 Å². The monoisotopic (exact) mass is 348 g/mol. The van der Waals surface area contributed by atoms with Crippen LogP contribution in [0, 0.1) is 19.3 Å². The van der Waals surface area contributed by atoms with Gasteiger partial charge in [-0.05, 0) is 58.0 Å². The van der Waals surface area contributed by atoms with Crippen LogP contribution in [-0.4, -0.2) is 63.4 Å². The summed E-state index contributed by atoms with van der Waals surface area (Å²) in [5, 5.41) is 13.6. The number of carbonyl (C=O) groups is 1. The zero-order chi connectivity index (χ0) is 18.0. The molecule has 0 aliphatic carbocycles. The molecule has 1 aromatic heterocycles. The first-order valence-corrected chi connectivity index (χ1v) is 9.54. The first-order valence-electron chi connectivity index (χ1n) is 9.54. The topological polar surface area (TPSA) is 61.6 Å². The Balaban J connectivity index is 1.58. The number of aliphatic hydroxyl groups excluding tert-OH is 1. The summed E-state index contributed by atoms with van der Waals surface area (Å²) in [6.45, 7) is 9.15. The Bertz CT molecular complexity index is 617. The van der Waals surface area contributed by atoms with Crippen LogP contribution in [0.15, 0.2) is 0 Å². The van der Waals surface area contributed by atoms with Gasteiger partial charge in [0, 0.05) is 51.0 Å². The van der Waals surface area contributed by atoms with Crippen molar-refractivity contribution in [1.82, 2.24) is 19.6 Å². The van der Waals surface area contributed by atoms with Crippen LogP contribution >= 0.6 is 0 Å². The van der Waals surface area contributed by atoms with Crippen molar-refractivity contribution in [3.8, 4) is 0 Å². The van der Waals surface area contributed by atoms with Crippen molar-refractivity contribution in [3.63, 3.8) is 0 Å². The van der Waals surface area contributed by atoms with Crippen molar-refractivity contribution < 1.29 is 9.90 Å². The van der Waals surface area contributed by atoms with Crippen LogP contribution < -0.4 is 0 Å². The van der Waals surface area contributed by atoms with Crippen molar-refractivity contribution in [2.45, 2.75) is 52.5 Å². The van der Waals surface area contributed by atoms with Gasteiger partial charge in [0.05, 0.1) is 5.69 Å². The molecule has 140 valence electrons. The zero-order valence-corrected chi connectivity index (χ0v) is 15.9. The number of carbonyl (C=O) groups excluding carboxylic acids is 1. The molecule has 6 heteroatoms. The van der Waals surface area contributed by atoms with E-state index in [0.717, 1.165) is 51.1 Å². The summed E-state index contributed by atoms with van der Waals surface area (Å²) >= 11 is 0. The van der Waals surface area contributed by atoms with Crippen LogP contribution in [0.1, 0.15) is 49.1 Å². The second-order valence-corrected chi connectivity index (χ2v) is 7.94. The summed E-state index contributed by atoms with van der Waals surface area (Å²) in [4.78, 5) is 16.7. The first-order chi connectivity index (χ1) is 11.9. The van der Waals surface area contributed by atoms with Gasteiger partial charge in [-0.2, -0.15) is 5.10 Å². The van der Waals surface area contributed by atoms with E-state index in [1.54, 1.807) is 0 Å². The molecule has 0 aromatic carbocycles. The van der Waals surface area contributed by atoms with Gasteiger partial charge < -0.3 is 10.0 Å². The van der Waals surface area contributed by atoms with E-state index in [0.29, 0.717) is 24.8 Å². The molecule has 0 saturated carbocycles. The smallest absolute Gasteiger partial charge is 0.222 e. The molecule has 1 N–H and O–H groups in total. The molecule has 1 amide bonds. The van der Waals surface area contributed by atoms with E-state index in [9.17, 15) is 4.79 Å². The van der Waals surface area contributed by atoms with Crippen molar-refractivity contribution in [3.05, 3.63) is 17.0 Å². The summed E-state index contributed by atoms with van der Waals surface area (Å²) in [5.74, 6) is 0.267. The molecule has 3 rings (SSSR count). The van der Waals surface area contributed by atoms with Crippen LogP contribution in [-0.2, 0) is 18.4 Å². The van der Waals surface area contributed by atoms with Crippen molar-refractivity contribution in [2.75, 3.05) is 32.8 Å². The molecule has 1 spiro atoms. The summed E-state index contributed by atoms with van der Waals surface area (Å²) in [5.41, 5.74) is 4.05. The molecule has 1 aromatic rings. The molecular weight excluding hydrogens is 316 g/mol. The highest BCUT2D eigenvalue weighted by molar-refractivity contribution is 5.77. The number of likely N-dealkylation sites (tertiary alicyclic amines) is 2. The third kappa shape index (κ3) is 3.90. The van der Waals surface area contributed by atoms with Gasteiger partial charge in [-0.25, -0.2) is 0 Å². The SMILES string of the molecule is Cc1nn(C)c(C)c1CN1CCC2(CCC(=O)N(CCCO)C2)CC1. The van der Waals surface area contributed by atoms with E-state index >= 15 is 0 Å². The zero-order valence-electron chi connectivity index (χ0n) is 15.9. The van der Waals surface area contributed by atoms with Crippen molar-refractivity contribution >= 4 is 5.91 Å². The third-order valence-electron chi connectivity index (χ3n) is 6.29. The predicted octanol–water partition coefficient (Wildman–Crippen LogP) is 1.62. The van der Waals surface area contributed by atoms with Crippen LogP contribution in [0.5, 0.6) is 0 Å². The van der Waals surface area contributed by atoms with Gasteiger partial charge >= 0.3 is 0 Å². The fraction of sp³-hybridized carbons (Fsp3) is 0.789. The molecule has 0 atom stereocenters. The Morgan fingerprint density at radius 2 is 1.92 bits per heavy atom. The van der Waals surface area contributed by atoms with Crippen molar-refractivity contribution in [1.29, 1.82) is 0 Å². The molecule has 0 unspecified atom stereocenters. The second-order valence-electron chi connectivity index (χ2n) is 7.94. The number of nitrogens with zero attached hydrogens (tertiary/aromatic N) is 4. The van der Waals surface area contributed by atoms with E-state index in [-0.39, 0.29) is 12.5 Å². The number of rotatable bonds is 5. The number of aromatic nitrogens is 2. The van der Waals surface area contributed by atoms with Gasteiger partial charge in [0.25, 0.3) is 0 Å². The van der Waals surface area contributed by atoms with E-state index in [4.69, 9.17) is 5.11 Å². The fourth-order valence-corrected chi connectivity index (χ4v) is 4.43. The number of piperidine rings is 2. The van der Waals surface area contributed by atoms with Gasteiger partial charge in [0.1, 0.15) is 0 Å².